The molecule has 1 saturated heterocycles. The van der Waals surface area contributed by atoms with E-state index in [0.29, 0.717) is 31.1 Å². The number of likely N-dealkylation sites (tertiary alicyclic amines) is 1. The number of nitrogen functional groups attached to an aromatic ring is 1. The summed E-state index contributed by atoms with van der Waals surface area (Å²) in [5.41, 5.74) is 5.62. The summed E-state index contributed by atoms with van der Waals surface area (Å²) in [5, 5.41) is 0.504. The lowest BCUT2D eigenvalue weighted by Gasteiger charge is -2.36. The number of ether oxygens (including phenoxy) is 2. The number of piperidine rings is 1. The molecule has 0 aliphatic carbocycles. The van der Waals surface area contributed by atoms with Crippen LogP contribution in [0.5, 0.6) is 0 Å². The van der Waals surface area contributed by atoms with E-state index in [9.17, 15) is 9.59 Å². The van der Waals surface area contributed by atoms with E-state index < -0.39 is 6.04 Å². The second-order valence-electron chi connectivity index (χ2n) is 4.92. The molecule has 1 aliphatic heterocycles. The lowest BCUT2D eigenvalue weighted by molar-refractivity contribution is -0.154. The minimum atomic E-state index is -0.448. The maximum atomic E-state index is 12.0. The number of thiazole rings is 1. The van der Waals surface area contributed by atoms with Gasteiger partial charge in [0.15, 0.2) is 5.13 Å². The van der Waals surface area contributed by atoms with E-state index in [2.05, 4.69) is 4.98 Å². The Bertz CT molecular complexity index is 519. The fourth-order valence-corrected chi connectivity index (χ4v) is 3.27. The van der Waals surface area contributed by atoms with Crippen molar-refractivity contribution in [2.45, 2.75) is 25.4 Å². The molecular weight excluding hydrogens is 294 g/mol. The van der Waals surface area contributed by atoms with Crippen molar-refractivity contribution in [1.82, 2.24) is 9.88 Å². The van der Waals surface area contributed by atoms with E-state index in [1.54, 1.807) is 6.20 Å². The Morgan fingerprint density at radius 2 is 2.14 bits per heavy atom. The summed E-state index contributed by atoms with van der Waals surface area (Å²) >= 11 is 1.40. The molecule has 0 spiro atoms. The Kier molecular flexibility index (Phi) is 5.13. The van der Waals surface area contributed by atoms with Crippen LogP contribution in [0.4, 0.5) is 5.13 Å². The van der Waals surface area contributed by atoms with Crippen LogP contribution < -0.4 is 5.73 Å². The normalized spacial score (nSPS) is 22.8. The first-order valence-electron chi connectivity index (χ1n) is 6.65. The molecule has 1 aromatic heterocycles. The van der Waals surface area contributed by atoms with Crippen LogP contribution in [0.3, 0.4) is 0 Å². The van der Waals surface area contributed by atoms with Crippen LogP contribution in [0.1, 0.15) is 17.7 Å². The Morgan fingerprint density at radius 3 is 2.71 bits per heavy atom. The number of esters is 2. The maximum absolute atomic E-state index is 12.0. The highest BCUT2D eigenvalue weighted by atomic mass is 32.1. The number of carbonyl (C=O) groups is 2. The molecule has 7 nitrogen and oxygen atoms in total. The lowest BCUT2D eigenvalue weighted by atomic mass is 9.90. The number of nitrogens with two attached hydrogens (primary N) is 1. The molecule has 2 N–H and O–H groups in total. The first kappa shape index (κ1) is 15.7. The van der Waals surface area contributed by atoms with E-state index in [-0.39, 0.29) is 17.9 Å². The number of anilines is 1. The molecule has 0 saturated carbocycles. The molecule has 2 heterocycles. The molecule has 1 aliphatic rings. The molecule has 0 radical (unpaired) electrons. The molecule has 0 aromatic carbocycles. The Balaban J connectivity index is 2.09. The molecular formula is C13H19N3O4S. The zero-order chi connectivity index (χ0) is 15.4. The summed E-state index contributed by atoms with van der Waals surface area (Å²) < 4.78 is 9.63. The van der Waals surface area contributed by atoms with Crippen LogP contribution in [-0.4, -0.2) is 48.6 Å². The molecule has 0 amide bonds. The fraction of sp³-hybridized carbons (Fsp3) is 0.615. The van der Waals surface area contributed by atoms with Crippen molar-refractivity contribution in [3.63, 3.8) is 0 Å². The second kappa shape index (κ2) is 6.86. The Labute approximate surface area is 127 Å². The van der Waals surface area contributed by atoms with Crippen molar-refractivity contribution in [3.05, 3.63) is 11.1 Å². The molecule has 8 heteroatoms. The highest BCUT2D eigenvalue weighted by Crippen LogP contribution is 2.27. The second-order valence-corrected chi connectivity index (χ2v) is 6.07. The fourth-order valence-electron chi connectivity index (χ4n) is 2.56. The molecule has 21 heavy (non-hydrogen) atoms. The van der Waals surface area contributed by atoms with Gasteiger partial charge in [-0.15, -0.1) is 11.3 Å². The zero-order valence-electron chi connectivity index (χ0n) is 12.1. The van der Waals surface area contributed by atoms with Crippen LogP contribution in [0, 0.1) is 5.92 Å². The van der Waals surface area contributed by atoms with E-state index in [1.165, 1.54) is 25.6 Å². The number of hydrogen-bond donors (Lipinski definition) is 1. The largest absolute Gasteiger partial charge is 0.469 e. The number of methoxy groups -OCH3 is 2. The van der Waals surface area contributed by atoms with Crippen LogP contribution >= 0.6 is 11.3 Å². The lowest BCUT2D eigenvalue weighted by Crippen LogP contribution is -2.48. The summed E-state index contributed by atoms with van der Waals surface area (Å²) in [5.74, 6) is -0.867. The van der Waals surface area contributed by atoms with E-state index in [0.717, 1.165) is 4.88 Å². The van der Waals surface area contributed by atoms with Gasteiger partial charge in [0.25, 0.3) is 0 Å². The summed E-state index contributed by atoms with van der Waals surface area (Å²) in [7, 11) is 2.72. The van der Waals surface area contributed by atoms with Gasteiger partial charge in [-0.05, 0) is 12.8 Å². The number of hydrogen-bond acceptors (Lipinski definition) is 8. The van der Waals surface area contributed by atoms with Gasteiger partial charge in [0.05, 0.1) is 20.1 Å². The molecule has 2 rings (SSSR count). The van der Waals surface area contributed by atoms with Gasteiger partial charge in [0, 0.05) is 24.2 Å². The molecule has 1 fully saturated rings. The monoisotopic (exact) mass is 313 g/mol. The number of rotatable bonds is 4. The van der Waals surface area contributed by atoms with Crippen molar-refractivity contribution in [3.8, 4) is 0 Å². The van der Waals surface area contributed by atoms with Crippen molar-refractivity contribution in [1.29, 1.82) is 0 Å². The summed E-state index contributed by atoms with van der Waals surface area (Å²) in [6.07, 6.45) is 2.78. The van der Waals surface area contributed by atoms with Crippen molar-refractivity contribution >= 4 is 28.4 Å². The minimum Gasteiger partial charge on any atom is -0.469 e. The number of aromatic nitrogens is 1. The first-order valence-corrected chi connectivity index (χ1v) is 7.46. The predicted molar refractivity (Wildman–Crippen MR) is 77.5 cm³/mol. The predicted octanol–water partition coefficient (Wildman–Crippen LogP) is 0.652. The van der Waals surface area contributed by atoms with Gasteiger partial charge in [-0.3, -0.25) is 14.5 Å². The van der Waals surface area contributed by atoms with E-state index in [1.807, 2.05) is 4.90 Å². The van der Waals surface area contributed by atoms with Crippen molar-refractivity contribution in [2.24, 2.45) is 5.92 Å². The quantitative estimate of drug-likeness (QED) is 0.815. The maximum Gasteiger partial charge on any atom is 0.323 e. The topological polar surface area (TPSA) is 94.8 Å². The van der Waals surface area contributed by atoms with Gasteiger partial charge in [0.2, 0.25) is 0 Å². The summed E-state index contributed by atoms with van der Waals surface area (Å²) in [4.78, 5) is 30.6. The van der Waals surface area contributed by atoms with Crippen molar-refractivity contribution in [2.75, 3.05) is 26.5 Å². The SMILES string of the molecule is COC(=O)C1CCN(Cc2cnc(N)s2)C(C(=O)OC)C1. The number of nitrogens with zero attached hydrogens (tertiary/aromatic N) is 2. The van der Waals surface area contributed by atoms with Crippen LogP contribution in [0.15, 0.2) is 6.20 Å². The first-order chi connectivity index (χ1) is 10.0. The third-order valence-electron chi connectivity index (χ3n) is 3.65. The Hall–Kier alpha value is -1.67. The summed E-state index contributed by atoms with van der Waals surface area (Å²) in [6.45, 7) is 1.19. The van der Waals surface area contributed by atoms with Gasteiger partial charge in [-0.25, -0.2) is 4.98 Å². The number of carbonyl (C=O) groups excluding carboxylic acids is 2. The van der Waals surface area contributed by atoms with Gasteiger partial charge in [-0.2, -0.15) is 0 Å². The molecule has 116 valence electrons. The van der Waals surface area contributed by atoms with Gasteiger partial charge in [-0.1, -0.05) is 0 Å². The standard InChI is InChI=1S/C13H19N3O4S/c1-19-11(17)8-3-4-16(10(5-8)12(18)20-2)7-9-6-15-13(14)21-9/h6,8,10H,3-5,7H2,1-2H3,(H2,14,15). The average molecular weight is 313 g/mol. The smallest absolute Gasteiger partial charge is 0.323 e. The molecule has 0 bridgehead atoms. The Morgan fingerprint density at radius 1 is 1.43 bits per heavy atom. The summed E-state index contributed by atoms with van der Waals surface area (Å²) in [6, 6.07) is -0.448. The van der Waals surface area contributed by atoms with Crippen molar-refractivity contribution < 1.29 is 19.1 Å². The van der Waals surface area contributed by atoms with Gasteiger partial charge >= 0.3 is 11.9 Å². The highest BCUT2D eigenvalue weighted by Gasteiger charge is 2.37. The van der Waals surface area contributed by atoms with Crippen LogP contribution in [0.2, 0.25) is 0 Å². The highest BCUT2D eigenvalue weighted by molar-refractivity contribution is 7.15. The van der Waals surface area contributed by atoms with Crippen LogP contribution in [0.25, 0.3) is 0 Å². The van der Waals surface area contributed by atoms with Crippen LogP contribution in [-0.2, 0) is 25.6 Å². The zero-order valence-corrected chi connectivity index (χ0v) is 12.9. The average Bonchev–Trinajstić information content (AvgIpc) is 2.91. The molecule has 2 unspecified atom stereocenters. The van der Waals surface area contributed by atoms with E-state index in [4.69, 9.17) is 15.2 Å². The van der Waals surface area contributed by atoms with Gasteiger partial charge < -0.3 is 15.2 Å². The third kappa shape index (κ3) is 3.70. The molecule has 2 atom stereocenters. The minimum absolute atomic E-state index is 0.262. The van der Waals surface area contributed by atoms with E-state index >= 15 is 0 Å². The third-order valence-corrected chi connectivity index (χ3v) is 4.46. The van der Waals surface area contributed by atoms with Gasteiger partial charge in [0.1, 0.15) is 6.04 Å². The molecule has 1 aromatic rings.